The van der Waals surface area contributed by atoms with Gasteiger partial charge in [-0.25, -0.2) is 18.2 Å². The summed E-state index contributed by atoms with van der Waals surface area (Å²) in [5.41, 5.74) is 1.97. The lowest BCUT2D eigenvalue weighted by molar-refractivity contribution is -0.118. The number of amides is 2. The van der Waals surface area contributed by atoms with Crippen molar-refractivity contribution in [2.24, 2.45) is 5.92 Å². The van der Waals surface area contributed by atoms with Gasteiger partial charge in [-0.05, 0) is 31.4 Å². The molecule has 0 aliphatic carbocycles. The molecule has 0 spiro atoms. The molecule has 4 rings (SSSR count). The predicted molar refractivity (Wildman–Crippen MR) is 119 cm³/mol. The van der Waals surface area contributed by atoms with Crippen molar-refractivity contribution in [3.05, 3.63) is 46.9 Å². The summed E-state index contributed by atoms with van der Waals surface area (Å²) in [7, 11) is 1.88. The zero-order chi connectivity index (χ0) is 24.0. The molecule has 0 saturated carbocycles. The van der Waals surface area contributed by atoms with Gasteiger partial charge in [-0.3, -0.25) is 9.59 Å². The smallest absolute Gasteiger partial charge is 0.254 e. The first-order chi connectivity index (χ1) is 15.6. The second kappa shape index (κ2) is 8.57. The number of likely N-dealkylation sites (N-methyl/N-ethyl adjacent to an activating group) is 1. The van der Waals surface area contributed by atoms with Crippen molar-refractivity contribution in [2.75, 3.05) is 35.7 Å². The number of nitrogens with zero attached hydrogens (tertiary/aromatic N) is 3. The number of fused-ring (bicyclic) bond motifs is 1. The van der Waals surface area contributed by atoms with Crippen LogP contribution < -0.4 is 15.5 Å². The highest BCUT2D eigenvalue weighted by Gasteiger charge is 2.35. The Bertz CT molecular complexity index is 1100. The lowest BCUT2D eigenvalue weighted by Gasteiger charge is -2.38. The van der Waals surface area contributed by atoms with Crippen LogP contribution in [0.5, 0.6) is 0 Å². The molecule has 1 aromatic heterocycles. The van der Waals surface area contributed by atoms with Gasteiger partial charge in [-0.2, -0.15) is 0 Å². The van der Waals surface area contributed by atoms with E-state index in [4.69, 9.17) is 0 Å². The van der Waals surface area contributed by atoms with E-state index in [2.05, 4.69) is 15.6 Å². The predicted octanol–water partition coefficient (Wildman–Crippen LogP) is 3.55. The minimum atomic E-state index is -1.60. The Hall–Kier alpha value is -3.30. The van der Waals surface area contributed by atoms with Crippen LogP contribution >= 0.6 is 0 Å². The summed E-state index contributed by atoms with van der Waals surface area (Å²) in [5, 5.41) is 6.28. The number of likely N-dealkylation sites (tertiary alicyclic amines) is 1. The molecular formula is C23H26F3N5O2. The molecule has 7 nitrogen and oxygen atoms in total. The minimum Gasteiger partial charge on any atom is -0.365 e. The SMILES string of the molecule is Cc1nc(N[C@@H]2CCN(C(=O)c3cc(F)c(F)c(F)c3)C2)cc2c1NC(=O)[C@H](C(C)C)N2C. The van der Waals surface area contributed by atoms with Crippen LogP contribution in [0, 0.1) is 30.3 Å². The molecule has 1 fully saturated rings. The largest absolute Gasteiger partial charge is 0.365 e. The van der Waals surface area contributed by atoms with E-state index < -0.39 is 23.4 Å². The number of pyridine rings is 1. The van der Waals surface area contributed by atoms with E-state index in [0.717, 1.165) is 5.69 Å². The summed E-state index contributed by atoms with van der Waals surface area (Å²) in [6, 6.07) is 2.87. The molecular weight excluding hydrogens is 435 g/mol. The molecule has 2 N–H and O–H groups in total. The third-order valence-corrected chi connectivity index (χ3v) is 6.18. The molecule has 2 aliphatic heterocycles. The van der Waals surface area contributed by atoms with Gasteiger partial charge in [0, 0.05) is 37.8 Å². The number of anilines is 3. The zero-order valence-corrected chi connectivity index (χ0v) is 18.9. The lowest BCUT2D eigenvalue weighted by Crippen LogP contribution is -2.49. The molecule has 1 aromatic carbocycles. The number of aryl methyl sites for hydroxylation is 1. The van der Waals surface area contributed by atoms with Gasteiger partial charge >= 0.3 is 0 Å². The molecule has 2 aromatic rings. The van der Waals surface area contributed by atoms with Crippen molar-refractivity contribution in [1.82, 2.24) is 9.88 Å². The number of hydrogen-bond acceptors (Lipinski definition) is 5. The number of carbonyl (C=O) groups excluding carboxylic acids is 2. The molecule has 10 heteroatoms. The fourth-order valence-electron chi connectivity index (χ4n) is 4.57. The van der Waals surface area contributed by atoms with Crippen LogP contribution in [-0.4, -0.2) is 53.9 Å². The number of nitrogens with one attached hydrogen (secondary N) is 2. The molecule has 2 atom stereocenters. The monoisotopic (exact) mass is 461 g/mol. The molecule has 0 bridgehead atoms. The van der Waals surface area contributed by atoms with Gasteiger partial charge in [-0.15, -0.1) is 0 Å². The highest BCUT2D eigenvalue weighted by atomic mass is 19.2. The molecule has 176 valence electrons. The number of hydrogen-bond donors (Lipinski definition) is 2. The van der Waals surface area contributed by atoms with Crippen molar-refractivity contribution in [2.45, 2.75) is 39.3 Å². The van der Waals surface area contributed by atoms with Gasteiger partial charge in [0.15, 0.2) is 17.5 Å². The number of benzene rings is 1. The molecule has 33 heavy (non-hydrogen) atoms. The van der Waals surface area contributed by atoms with Crippen molar-refractivity contribution in [3.8, 4) is 0 Å². The summed E-state index contributed by atoms with van der Waals surface area (Å²) < 4.78 is 40.3. The Morgan fingerprint density at radius 1 is 1.21 bits per heavy atom. The number of halogens is 3. The summed E-state index contributed by atoms with van der Waals surface area (Å²) in [6.45, 7) is 6.48. The highest BCUT2D eigenvalue weighted by molar-refractivity contribution is 6.04. The second-order valence-corrected chi connectivity index (χ2v) is 8.91. The van der Waals surface area contributed by atoms with Gasteiger partial charge in [0.1, 0.15) is 11.9 Å². The molecule has 2 aliphatic rings. The molecule has 2 amide bonds. The summed E-state index contributed by atoms with van der Waals surface area (Å²) in [6.07, 6.45) is 0.608. The average molecular weight is 461 g/mol. The third-order valence-electron chi connectivity index (χ3n) is 6.18. The Kier molecular flexibility index (Phi) is 5.94. The van der Waals surface area contributed by atoms with E-state index in [-0.39, 0.29) is 29.5 Å². The van der Waals surface area contributed by atoms with Crippen LogP contribution in [0.4, 0.5) is 30.4 Å². The maximum atomic E-state index is 13.5. The average Bonchev–Trinajstić information content (AvgIpc) is 3.20. The van der Waals surface area contributed by atoms with Crippen LogP contribution in [0.25, 0.3) is 0 Å². The van der Waals surface area contributed by atoms with Crippen molar-refractivity contribution in [1.29, 1.82) is 0 Å². The van der Waals surface area contributed by atoms with E-state index in [0.29, 0.717) is 48.8 Å². The maximum Gasteiger partial charge on any atom is 0.254 e. The summed E-state index contributed by atoms with van der Waals surface area (Å²) in [4.78, 5) is 33.1. The van der Waals surface area contributed by atoms with Gasteiger partial charge in [0.2, 0.25) is 5.91 Å². The van der Waals surface area contributed by atoms with Gasteiger partial charge in [0.25, 0.3) is 5.91 Å². The second-order valence-electron chi connectivity index (χ2n) is 8.91. The Labute approximate surface area is 190 Å². The van der Waals surface area contributed by atoms with E-state index in [1.807, 2.05) is 38.8 Å². The normalized spacial score (nSPS) is 20.2. The first kappa shape index (κ1) is 22.9. The highest BCUT2D eigenvalue weighted by Crippen LogP contribution is 2.37. The number of carbonyl (C=O) groups is 2. The van der Waals surface area contributed by atoms with Gasteiger partial charge in [-0.1, -0.05) is 13.8 Å². The quantitative estimate of drug-likeness (QED) is 0.681. The van der Waals surface area contributed by atoms with Gasteiger partial charge in [0.05, 0.1) is 17.1 Å². The Morgan fingerprint density at radius 3 is 2.52 bits per heavy atom. The van der Waals surface area contributed by atoms with E-state index in [1.165, 1.54) is 4.90 Å². The topological polar surface area (TPSA) is 77.6 Å². The fraction of sp³-hybridized carbons (Fsp3) is 0.435. The van der Waals surface area contributed by atoms with Crippen LogP contribution in [0.1, 0.15) is 36.3 Å². The minimum absolute atomic E-state index is 0.0655. The van der Waals surface area contributed by atoms with Crippen molar-refractivity contribution in [3.63, 3.8) is 0 Å². The molecule has 1 saturated heterocycles. The van der Waals surface area contributed by atoms with Crippen LogP contribution in [0.15, 0.2) is 18.2 Å². The van der Waals surface area contributed by atoms with Gasteiger partial charge < -0.3 is 20.4 Å². The van der Waals surface area contributed by atoms with Crippen LogP contribution in [0.2, 0.25) is 0 Å². The summed E-state index contributed by atoms with van der Waals surface area (Å²) >= 11 is 0. The molecule has 0 unspecified atom stereocenters. The van der Waals surface area contributed by atoms with Crippen molar-refractivity contribution < 1.29 is 22.8 Å². The lowest BCUT2D eigenvalue weighted by atomic mass is 9.98. The van der Waals surface area contributed by atoms with E-state index >= 15 is 0 Å². The van der Waals surface area contributed by atoms with E-state index in [1.54, 1.807) is 0 Å². The van der Waals surface area contributed by atoms with E-state index in [9.17, 15) is 22.8 Å². The maximum absolute atomic E-state index is 13.5. The Balaban J connectivity index is 1.49. The van der Waals surface area contributed by atoms with Crippen LogP contribution in [0.3, 0.4) is 0 Å². The first-order valence-corrected chi connectivity index (χ1v) is 10.8. The fourth-order valence-corrected chi connectivity index (χ4v) is 4.57. The third kappa shape index (κ3) is 4.21. The molecule has 0 radical (unpaired) electrons. The van der Waals surface area contributed by atoms with Crippen LogP contribution in [-0.2, 0) is 4.79 Å². The first-order valence-electron chi connectivity index (χ1n) is 10.8. The number of rotatable bonds is 4. The number of aromatic nitrogens is 1. The van der Waals surface area contributed by atoms with Crippen molar-refractivity contribution >= 4 is 29.0 Å². The standard InChI is InChI=1S/C23H26F3N5O2/c1-11(2)21-22(32)29-20-12(3)27-18(9-17(20)30(21)4)28-14-5-6-31(10-14)23(33)13-7-15(24)19(26)16(25)8-13/h7-9,11,14,21H,5-6,10H2,1-4H3,(H,27,28)(H,29,32)/t14-,21+/m1/s1. The zero-order valence-electron chi connectivity index (χ0n) is 18.9. The summed E-state index contributed by atoms with van der Waals surface area (Å²) in [5.74, 6) is -4.28. The molecule has 3 heterocycles. The Morgan fingerprint density at radius 2 is 1.88 bits per heavy atom.